The van der Waals surface area contributed by atoms with E-state index in [1.54, 1.807) is 19.1 Å². The molecule has 0 spiro atoms. The van der Waals surface area contributed by atoms with Crippen LogP contribution in [-0.4, -0.2) is 37.4 Å². The summed E-state index contributed by atoms with van der Waals surface area (Å²) in [4.78, 5) is 24.0. The van der Waals surface area contributed by atoms with Crippen LogP contribution in [0.25, 0.3) is 5.82 Å². The Morgan fingerprint density at radius 3 is 3.00 bits per heavy atom. The Hall–Kier alpha value is -1.97. The Kier molecular flexibility index (Phi) is 4.44. The van der Waals surface area contributed by atoms with Crippen LogP contribution in [0.1, 0.15) is 17.4 Å². The Bertz CT molecular complexity index is 561. The van der Waals surface area contributed by atoms with Gasteiger partial charge >= 0.3 is 5.97 Å². The molecule has 0 fully saturated rings. The summed E-state index contributed by atoms with van der Waals surface area (Å²) in [6, 6.07) is 3.18. The molecule has 0 aliphatic rings. The number of nitrogens with zero attached hydrogens (tertiary/aromatic N) is 4. The van der Waals surface area contributed by atoms with Crippen molar-refractivity contribution in [3.63, 3.8) is 0 Å². The van der Waals surface area contributed by atoms with Gasteiger partial charge in [0.25, 0.3) is 0 Å². The number of aromatic carboxylic acids is 1. The molecule has 0 aliphatic heterocycles. The maximum Gasteiger partial charge on any atom is 0.355 e. The number of hydrogen-bond donors (Lipinski definition) is 1. The molecule has 2 aromatic rings. The van der Waals surface area contributed by atoms with E-state index in [1.807, 2.05) is 0 Å². The number of pyridine rings is 1. The van der Waals surface area contributed by atoms with Crippen LogP contribution in [0.3, 0.4) is 0 Å². The molecule has 0 aliphatic carbocycles. The van der Waals surface area contributed by atoms with E-state index in [1.165, 1.54) is 17.3 Å². The molecule has 1 N–H and O–H groups in total. The van der Waals surface area contributed by atoms with E-state index in [0.717, 1.165) is 12.0 Å². The number of rotatable bonds is 6. The van der Waals surface area contributed by atoms with Gasteiger partial charge in [0.2, 0.25) is 0 Å². The van der Waals surface area contributed by atoms with Crippen molar-refractivity contribution in [2.24, 2.45) is 0 Å². The Morgan fingerprint density at radius 2 is 2.37 bits per heavy atom. The normalized spacial score (nSPS) is 10.6. The van der Waals surface area contributed by atoms with E-state index in [4.69, 9.17) is 9.44 Å². The van der Waals surface area contributed by atoms with Crippen molar-refractivity contribution in [2.45, 2.75) is 11.8 Å². The highest BCUT2D eigenvalue weighted by atomic mass is 32.2. The second-order valence-corrected chi connectivity index (χ2v) is 3.96. The van der Waals surface area contributed by atoms with Crippen molar-refractivity contribution in [2.75, 3.05) is 6.61 Å². The van der Waals surface area contributed by atoms with E-state index < -0.39 is 5.97 Å². The van der Waals surface area contributed by atoms with Crippen molar-refractivity contribution >= 4 is 18.0 Å². The predicted molar refractivity (Wildman–Crippen MR) is 64.7 cm³/mol. The summed E-state index contributed by atoms with van der Waals surface area (Å²) in [5.74, 6) is -0.805. The monoisotopic (exact) mass is 282 g/mol. The molecule has 0 saturated heterocycles. The van der Waals surface area contributed by atoms with Gasteiger partial charge in [-0.1, -0.05) is 0 Å². The Labute approximate surface area is 112 Å². The molecule has 0 radical (unpaired) electrons. The molecule has 2 heterocycles. The molecule has 9 heteroatoms. The third-order valence-corrected chi connectivity index (χ3v) is 2.66. The van der Waals surface area contributed by atoms with Crippen LogP contribution < -0.4 is 0 Å². The van der Waals surface area contributed by atoms with Crippen molar-refractivity contribution < 1.29 is 19.1 Å². The van der Waals surface area contributed by atoms with Gasteiger partial charge in [0.05, 0.1) is 23.5 Å². The quantitative estimate of drug-likeness (QED) is 0.366. The van der Waals surface area contributed by atoms with E-state index in [9.17, 15) is 4.79 Å². The average Bonchev–Trinajstić information content (AvgIpc) is 2.93. The summed E-state index contributed by atoms with van der Waals surface area (Å²) in [5.41, 5.74) is -0.141. The van der Waals surface area contributed by atoms with Gasteiger partial charge in [-0.25, -0.2) is 24.3 Å². The molecule has 0 unspecified atom stereocenters. The number of aromatic nitrogens is 4. The minimum Gasteiger partial charge on any atom is -0.476 e. The van der Waals surface area contributed by atoms with Gasteiger partial charge in [0.1, 0.15) is 12.7 Å². The summed E-state index contributed by atoms with van der Waals surface area (Å²) in [7, 11) is 0. The van der Waals surface area contributed by atoms with Crippen LogP contribution in [0.5, 0.6) is 0 Å². The first-order valence-corrected chi connectivity index (χ1v) is 6.02. The third kappa shape index (κ3) is 3.28. The van der Waals surface area contributed by atoms with E-state index in [0.29, 0.717) is 17.3 Å². The predicted octanol–water partition coefficient (Wildman–Crippen LogP) is 1.34. The van der Waals surface area contributed by atoms with Crippen LogP contribution in [-0.2, 0) is 9.22 Å². The van der Waals surface area contributed by atoms with Crippen LogP contribution >= 0.6 is 12.0 Å². The highest BCUT2D eigenvalue weighted by Crippen LogP contribution is 2.23. The maximum absolute atomic E-state index is 11.2. The SMILES string of the molecule is CCOOSc1ccc(-n2cncn2)nc1C(=O)O. The van der Waals surface area contributed by atoms with Gasteiger partial charge in [0, 0.05) is 0 Å². The number of carbonyl (C=O) groups is 1. The molecule has 2 rings (SSSR count). The second-order valence-electron chi connectivity index (χ2n) is 3.22. The molecule has 8 nitrogen and oxygen atoms in total. The lowest BCUT2D eigenvalue weighted by atomic mass is 10.3. The average molecular weight is 282 g/mol. The number of carboxylic acid groups (broad SMARTS) is 1. The van der Waals surface area contributed by atoms with Crippen LogP contribution in [0.2, 0.25) is 0 Å². The van der Waals surface area contributed by atoms with E-state index >= 15 is 0 Å². The first kappa shape index (κ1) is 13.5. The summed E-state index contributed by atoms with van der Waals surface area (Å²) in [5, 5.41) is 13.0. The Balaban J connectivity index is 2.28. The molecular formula is C10H10N4O4S. The largest absolute Gasteiger partial charge is 0.476 e. The molecule has 100 valence electrons. The lowest BCUT2D eigenvalue weighted by Gasteiger charge is -2.06. The van der Waals surface area contributed by atoms with Crippen LogP contribution in [0, 0.1) is 0 Å². The zero-order chi connectivity index (χ0) is 13.7. The van der Waals surface area contributed by atoms with Crippen molar-refractivity contribution in [3.8, 4) is 5.82 Å². The second kappa shape index (κ2) is 6.27. The number of hydrogen-bond acceptors (Lipinski definition) is 7. The molecule has 19 heavy (non-hydrogen) atoms. The van der Waals surface area contributed by atoms with Gasteiger partial charge in [-0.05, 0) is 19.1 Å². The summed E-state index contributed by atoms with van der Waals surface area (Å²) in [6.45, 7) is 2.12. The summed E-state index contributed by atoms with van der Waals surface area (Å²) in [6.07, 6.45) is 2.76. The molecule has 0 amide bonds. The number of carboxylic acids is 1. The molecular weight excluding hydrogens is 272 g/mol. The van der Waals surface area contributed by atoms with Crippen LogP contribution in [0.15, 0.2) is 29.7 Å². The Morgan fingerprint density at radius 1 is 1.53 bits per heavy atom. The summed E-state index contributed by atoms with van der Waals surface area (Å²) >= 11 is 0.795. The zero-order valence-electron chi connectivity index (χ0n) is 9.89. The van der Waals surface area contributed by atoms with Gasteiger partial charge in [-0.3, -0.25) is 0 Å². The first-order valence-electron chi connectivity index (χ1n) is 5.28. The first-order chi connectivity index (χ1) is 9.22. The molecule has 2 aromatic heterocycles. The van der Waals surface area contributed by atoms with Crippen LogP contribution in [0.4, 0.5) is 0 Å². The van der Waals surface area contributed by atoms with Gasteiger partial charge < -0.3 is 5.11 Å². The molecule has 0 atom stereocenters. The fraction of sp³-hybridized carbons (Fsp3) is 0.200. The highest BCUT2D eigenvalue weighted by Gasteiger charge is 2.15. The van der Waals surface area contributed by atoms with Gasteiger partial charge in [-0.2, -0.15) is 9.43 Å². The van der Waals surface area contributed by atoms with E-state index in [2.05, 4.69) is 20.0 Å². The molecule has 0 bridgehead atoms. The van der Waals surface area contributed by atoms with E-state index in [-0.39, 0.29) is 5.69 Å². The van der Waals surface area contributed by atoms with Gasteiger partial charge in [-0.15, -0.1) is 0 Å². The van der Waals surface area contributed by atoms with Crippen molar-refractivity contribution in [1.82, 2.24) is 19.7 Å². The zero-order valence-corrected chi connectivity index (χ0v) is 10.7. The fourth-order valence-corrected chi connectivity index (χ4v) is 1.77. The molecule has 0 aromatic carbocycles. The van der Waals surface area contributed by atoms with Crippen molar-refractivity contribution in [3.05, 3.63) is 30.5 Å². The lowest BCUT2D eigenvalue weighted by molar-refractivity contribution is -0.185. The summed E-state index contributed by atoms with van der Waals surface area (Å²) < 4.78 is 6.13. The van der Waals surface area contributed by atoms with Crippen molar-refractivity contribution in [1.29, 1.82) is 0 Å². The fourth-order valence-electron chi connectivity index (χ4n) is 1.22. The smallest absolute Gasteiger partial charge is 0.355 e. The highest BCUT2D eigenvalue weighted by molar-refractivity contribution is 7.94. The maximum atomic E-state index is 11.2. The minimum atomic E-state index is -1.16. The minimum absolute atomic E-state index is 0.141. The topological polar surface area (TPSA) is 99.4 Å². The molecule has 0 saturated carbocycles. The standard InChI is InChI=1S/C10H10N4O4S/c1-2-17-18-19-7-3-4-8(13-9(7)10(15)16)14-6-11-5-12-14/h3-6H,2H2,1H3,(H,15,16). The lowest BCUT2D eigenvalue weighted by Crippen LogP contribution is -2.07. The van der Waals surface area contributed by atoms with Gasteiger partial charge in [0.15, 0.2) is 11.5 Å². The third-order valence-electron chi connectivity index (χ3n) is 1.99.